The number of benzene rings is 1. The maximum atomic E-state index is 5.90. The number of rotatable bonds is 1. The van der Waals surface area contributed by atoms with E-state index in [2.05, 4.69) is 34.0 Å². The summed E-state index contributed by atoms with van der Waals surface area (Å²) in [6, 6.07) is 6.18. The average Bonchev–Trinajstić information content (AvgIpc) is 2.56. The van der Waals surface area contributed by atoms with Crippen molar-refractivity contribution < 1.29 is 0 Å². The summed E-state index contributed by atoms with van der Waals surface area (Å²) in [5.74, 6) is 0.684. The van der Waals surface area contributed by atoms with Crippen molar-refractivity contribution in [2.45, 2.75) is 12.3 Å². The van der Waals surface area contributed by atoms with Gasteiger partial charge in [0.15, 0.2) is 0 Å². The molecule has 1 N–H and O–H groups in total. The fourth-order valence-electron chi connectivity index (χ4n) is 1.75. The molecule has 0 aromatic heterocycles. The van der Waals surface area contributed by atoms with Gasteiger partial charge in [-0.1, -0.05) is 17.7 Å². The van der Waals surface area contributed by atoms with Crippen LogP contribution in [0, 0.1) is 3.57 Å². The summed E-state index contributed by atoms with van der Waals surface area (Å²) in [5, 5.41) is 4.21. The predicted octanol–water partition coefficient (Wildman–Crippen LogP) is 3.02. The molecule has 1 aromatic carbocycles. The Labute approximate surface area is 97.0 Å². The second-order valence-corrected chi connectivity index (χ2v) is 4.95. The van der Waals surface area contributed by atoms with E-state index < -0.39 is 0 Å². The molecule has 2 rings (SSSR count). The maximum absolute atomic E-state index is 5.90. The van der Waals surface area contributed by atoms with Crippen LogP contribution in [0.1, 0.15) is 17.9 Å². The fraction of sp³-hybridized carbons (Fsp3) is 0.400. The zero-order valence-electron chi connectivity index (χ0n) is 7.19. The lowest BCUT2D eigenvalue weighted by molar-refractivity contribution is 0.759. The molecule has 1 heterocycles. The molecule has 1 aliphatic rings. The quantitative estimate of drug-likeness (QED) is 0.787. The smallest absolute Gasteiger partial charge is 0.0416 e. The zero-order chi connectivity index (χ0) is 9.26. The van der Waals surface area contributed by atoms with E-state index in [1.54, 1.807) is 0 Å². The van der Waals surface area contributed by atoms with Crippen molar-refractivity contribution in [2.75, 3.05) is 13.1 Å². The Kier molecular flexibility index (Phi) is 3.11. The molecule has 70 valence electrons. The number of hydrogen-bond acceptors (Lipinski definition) is 1. The minimum atomic E-state index is 0.684. The topological polar surface area (TPSA) is 12.0 Å². The molecular formula is C10H11ClIN. The van der Waals surface area contributed by atoms with Crippen LogP contribution >= 0.6 is 34.2 Å². The molecule has 1 nitrogen and oxygen atoms in total. The summed E-state index contributed by atoms with van der Waals surface area (Å²) < 4.78 is 1.29. The van der Waals surface area contributed by atoms with E-state index in [1.807, 2.05) is 12.1 Å². The maximum Gasteiger partial charge on any atom is 0.0416 e. The Morgan fingerprint density at radius 2 is 2.31 bits per heavy atom. The first kappa shape index (κ1) is 9.74. The van der Waals surface area contributed by atoms with Gasteiger partial charge < -0.3 is 5.32 Å². The van der Waals surface area contributed by atoms with E-state index in [0.29, 0.717) is 5.92 Å². The van der Waals surface area contributed by atoms with Gasteiger partial charge in [-0.2, -0.15) is 0 Å². The van der Waals surface area contributed by atoms with Crippen LogP contribution in [-0.2, 0) is 0 Å². The Balaban J connectivity index is 2.29. The van der Waals surface area contributed by atoms with Gasteiger partial charge >= 0.3 is 0 Å². The summed E-state index contributed by atoms with van der Waals surface area (Å²) in [6.45, 7) is 2.25. The second kappa shape index (κ2) is 4.15. The van der Waals surface area contributed by atoms with E-state index >= 15 is 0 Å². The second-order valence-electron chi connectivity index (χ2n) is 3.36. The van der Waals surface area contributed by atoms with Gasteiger partial charge in [0.25, 0.3) is 0 Å². The molecule has 1 fully saturated rings. The Morgan fingerprint density at radius 3 is 2.92 bits per heavy atom. The first-order valence-electron chi connectivity index (χ1n) is 4.43. The molecule has 1 atom stereocenters. The van der Waals surface area contributed by atoms with E-state index in [1.165, 1.54) is 15.6 Å². The van der Waals surface area contributed by atoms with Gasteiger partial charge in [-0.25, -0.2) is 0 Å². The van der Waals surface area contributed by atoms with E-state index in [0.717, 1.165) is 18.1 Å². The lowest BCUT2D eigenvalue weighted by atomic mass is 9.99. The van der Waals surface area contributed by atoms with Crippen molar-refractivity contribution in [3.8, 4) is 0 Å². The molecule has 1 saturated heterocycles. The van der Waals surface area contributed by atoms with Crippen LogP contribution in [0.2, 0.25) is 5.02 Å². The fourth-order valence-corrected chi connectivity index (χ4v) is 3.06. The zero-order valence-corrected chi connectivity index (χ0v) is 10.1. The van der Waals surface area contributed by atoms with Crippen LogP contribution in [0.4, 0.5) is 0 Å². The summed E-state index contributed by atoms with van der Waals surface area (Å²) >= 11 is 8.27. The monoisotopic (exact) mass is 307 g/mol. The molecule has 0 aliphatic carbocycles. The van der Waals surface area contributed by atoms with Gasteiger partial charge in [-0.3, -0.25) is 0 Å². The third-order valence-electron chi connectivity index (χ3n) is 2.46. The lowest BCUT2D eigenvalue weighted by Gasteiger charge is -2.10. The average molecular weight is 308 g/mol. The highest BCUT2D eigenvalue weighted by Gasteiger charge is 2.18. The van der Waals surface area contributed by atoms with Crippen LogP contribution in [0.25, 0.3) is 0 Å². The third-order valence-corrected chi connectivity index (χ3v) is 3.63. The molecule has 1 aromatic rings. The number of halogens is 2. The van der Waals surface area contributed by atoms with Gasteiger partial charge in [-0.15, -0.1) is 0 Å². The first-order chi connectivity index (χ1) is 6.27. The normalized spacial score (nSPS) is 22.2. The predicted molar refractivity (Wildman–Crippen MR) is 64.4 cm³/mol. The van der Waals surface area contributed by atoms with Gasteiger partial charge in [0, 0.05) is 15.1 Å². The van der Waals surface area contributed by atoms with Crippen molar-refractivity contribution in [1.82, 2.24) is 5.32 Å². The largest absolute Gasteiger partial charge is 0.316 e. The molecule has 3 heteroatoms. The highest BCUT2D eigenvalue weighted by atomic mass is 127. The molecule has 0 spiro atoms. The number of nitrogens with one attached hydrogen (secondary N) is 1. The molecule has 0 radical (unpaired) electrons. The van der Waals surface area contributed by atoms with E-state index in [-0.39, 0.29) is 0 Å². The molecular weight excluding hydrogens is 296 g/mol. The molecule has 0 saturated carbocycles. The standard InChI is InChI=1S/C10H11ClIN/c11-8-1-2-9(10(12)5-8)7-3-4-13-6-7/h1-2,5,7,13H,3-4,6H2/t7-/m0/s1. The lowest BCUT2D eigenvalue weighted by Crippen LogP contribution is -2.08. The molecule has 0 unspecified atom stereocenters. The van der Waals surface area contributed by atoms with Gasteiger partial charge in [0.05, 0.1) is 0 Å². The van der Waals surface area contributed by atoms with E-state index in [4.69, 9.17) is 11.6 Å². The Hall–Kier alpha value is 0.200. The Bertz CT molecular complexity index is 308. The minimum Gasteiger partial charge on any atom is -0.316 e. The van der Waals surface area contributed by atoms with Crippen LogP contribution in [-0.4, -0.2) is 13.1 Å². The molecule has 1 aliphatic heterocycles. The van der Waals surface area contributed by atoms with Crippen LogP contribution in [0.5, 0.6) is 0 Å². The van der Waals surface area contributed by atoms with Crippen molar-refractivity contribution in [2.24, 2.45) is 0 Å². The highest BCUT2D eigenvalue weighted by Crippen LogP contribution is 2.28. The van der Waals surface area contributed by atoms with Gasteiger partial charge in [0.1, 0.15) is 0 Å². The summed E-state index contributed by atoms with van der Waals surface area (Å²) in [7, 11) is 0. The molecule has 0 bridgehead atoms. The summed E-state index contributed by atoms with van der Waals surface area (Å²) in [6.07, 6.45) is 1.25. The van der Waals surface area contributed by atoms with Crippen LogP contribution in [0.15, 0.2) is 18.2 Å². The van der Waals surface area contributed by atoms with Crippen LogP contribution < -0.4 is 5.32 Å². The van der Waals surface area contributed by atoms with Crippen molar-refractivity contribution in [1.29, 1.82) is 0 Å². The summed E-state index contributed by atoms with van der Waals surface area (Å²) in [4.78, 5) is 0. The Morgan fingerprint density at radius 1 is 1.46 bits per heavy atom. The van der Waals surface area contributed by atoms with Crippen molar-refractivity contribution >= 4 is 34.2 Å². The van der Waals surface area contributed by atoms with E-state index in [9.17, 15) is 0 Å². The first-order valence-corrected chi connectivity index (χ1v) is 5.88. The van der Waals surface area contributed by atoms with Crippen LogP contribution in [0.3, 0.4) is 0 Å². The SMILES string of the molecule is Clc1ccc([C@H]2CCNC2)c(I)c1. The van der Waals surface area contributed by atoms with Gasteiger partial charge in [0.2, 0.25) is 0 Å². The number of hydrogen-bond donors (Lipinski definition) is 1. The summed E-state index contributed by atoms with van der Waals surface area (Å²) in [5.41, 5.74) is 1.44. The molecule has 13 heavy (non-hydrogen) atoms. The molecule has 0 amide bonds. The third kappa shape index (κ3) is 2.17. The van der Waals surface area contributed by atoms with Crippen molar-refractivity contribution in [3.05, 3.63) is 32.4 Å². The highest BCUT2D eigenvalue weighted by molar-refractivity contribution is 14.1. The van der Waals surface area contributed by atoms with Gasteiger partial charge in [-0.05, 0) is 59.2 Å². The minimum absolute atomic E-state index is 0.684. The van der Waals surface area contributed by atoms with Crippen molar-refractivity contribution in [3.63, 3.8) is 0 Å².